The Balaban J connectivity index is 1.95. The van der Waals surface area contributed by atoms with Crippen LogP contribution in [-0.2, 0) is 10.4 Å². The van der Waals surface area contributed by atoms with E-state index in [1.165, 1.54) is 18.2 Å². The largest absolute Gasteiger partial charge is 0.375 e. The van der Waals surface area contributed by atoms with Crippen LogP contribution in [0.4, 0.5) is 10.1 Å². The van der Waals surface area contributed by atoms with Gasteiger partial charge in [0.1, 0.15) is 5.82 Å². The van der Waals surface area contributed by atoms with Gasteiger partial charge in [-0.05, 0) is 30.3 Å². The lowest BCUT2D eigenvalue weighted by Gasteiger charge is -2.20. The monoisotopic (exact) mass is 319 g/mol. The minimum absolute atomic E-state index is 0.220. The molecule has 0 aromatic heterocycles. The second-order valence-electron chi connectivity index (χ2n) is 5.08. The normalized spacial score (nSPS) is 19.7. The van der Waals surface area contributed by atoms with Crippen molar-refractivity contribution in [3.63, 3.8) is 0 Å². The van der Waals surface area contributed by atoms with Gasteiger partial charge < -0.3 is 10.4 Å². The molecule has 1 aliphatic rings. The van der Waals surface area contributed by atoms with E-state index in [9.17, 15) is 19.1 Å². The maximum Gasteiger partial charge on any atom is 0.261 e. The molecule has 0 aliphatic carbocycles. The molecule has 0 spiro atoms. The van der Waals surface area contributed by atoms with Gasteiger partial charge in [-0.2, -0.15) is 0 Å². The number of rotatable bonds is 3. The highest BCUT2D eigenvalue weighted by Crippen LogP contribution is 2.42. The Bertz CT molecular complexity index is 775. The van der Waals surface area contributed by atoms with Crippen molar-refractivity contribution >= 4 is 29.0 Å². The van der Waals surface area contributed by atoms with Crippen LogP contribution in [0.15, 0.2) is 42.5 Å². The summed E-state index contributed by atoms with van der Waals surface area (Å²) in [6, 6.07) is 9.63. The third-order valence-electron chi connectivity index (χ3n) is 3.66. The van der Waals surface area contributed by atoms with Crippen molar-refractivity contribution in [3.8, 4) is 0 Å². The summed E-state index contributed by atoms with van der Waals surface area (Å²) in [5.74, 6) is -1.64. The van der Waals surface area contributed by atoms with Crippen molar-refractivity contribution < 1.29 is 19.1 Å². The van der Waals surface area contributed by atoms with Crippen LogP contribution in [-0.4, -0.2) is 16.8 Å². The average molecular weight is 320 g/mol. The first-order valence-electron chi connectivity index (χ1n) is 6.53. The minimum atomic E-state index is -1.98. The number of carbonyl (C=O) groups excluding carboxylic acids is 2. The van der Waals surface area contributed by atoms with Gasteiger partial charge in [0.2, 0.25) is 0 Å². The highest BCUT2D eigenvalue weighted by atomic mass is 35.5. The molecular formula is C16H11ClFNO3. The Morgan fingerprint density at radius 1 is 1.23 bits per heavy atom. The fourth-order valence-corrected chi connectivity index (χ4v) is 2.70. The zero-order chi connectivity index (χ0) is 15.9. The third-order valence-corrected chi connectivity index (χ3v) is 3.97. The zero-order valence-corrected chi connectivity index (χ0v) is 12.0. The second-order valence-corrected chi connectivity index (χ2v) is 5.49. The first-order chi connectivity index (χ1) is 10.4. The Labute approximate surface area is 130 Å². The number of halogens is 2. The van der Waals surface area contributed by atoms with Crippen molar-refractivity contribution in [3.05, 3.63) is 64.4 Å². The van der Waals surface area contributed by atoms with Gasteiger partial charge in [-0.3, -0.25) is 9.59 Å². The number of benzene rings is 2. The number of anilines is 1. The van der Waals surface area contributed by atoms with Gasteiger partial charge in [-0.25, -0.2) is 4.39 Å². The second kappa shape index (κ2) is 5.19. The van der Waals surface area contributed by atoms with Crippen LogP contribution in [0, 0.1) is 5.82 Å². The first-order valence-corrected chi connectivity index (χ1v) is 6.91. The smallest absolute Gasteiger partial charge is 0.261 e. The number of fused-ring (bicyclic) bond motifs is 1. The van der Waals surface area contributed by atoms with Crippen molar-refractivity contribution in [1.82, 2.24) is 0 Å². The number of ketones is 1. The molecule has 0 saturated heterocycles. The number of para-hydroxylation sites is 1. The fraction of sp³-hybridized carbons (Fsp3) is 0.125. The maximum atomic E-state index is 12.9. The molecule has 1 amide bonds. The summed E-state index contributed by atoms with van der Waals surface area (Å²) in [5, 5.41) is 13.4. The summed E-state index contributed by atoms with van der Waals surface area (Å²) in [5.41, 5.74) is -1.19. The minimum Gasteiger partial charge on any atom is -0.375 e. The predicted molar refractivity (Wildman–Crippen MR) is 79.3 cm³/mol. The molecule has 1 heterocycles. The molecule has 6 heteroatoms. The number of nitrogens with one attached hydrogen (secondary N) is 1. The number of hydrogen-bond acceptors (Lipinski definition) is 3. The predicted octanol–water partition coefficient (Wildman–Crippen LogP) is 2.89. The average Bonchev–Trinajstić information content (AvgIpc) is 2.73. The van der Waals surface area contributed by atoms with Crippen LogP contribution < -0.4 is 5.32 Å². The lowest BCUT2D eigenvalue weighted by molar-refractivity contribution is -0.133. The van der Waals surface area contributed by atoms with E-state index >= 15 is 0 Å². The zero-order valence-electron chi connectivity index (χ0n) is 11.3. The van der Waals surface area contributed by atoms with E-state index < -0.39 is 29.5 Å². The van der Waals surface area contributed by atoms with Crippen LogP contribution in [0.5, 0.6) is 0 Å². The number of hydrogen-bond donors (Lipinski definition) is 2. The number of amides is 1. The molecule has 0 fully saturated rings. The van der Waals surface area contributed by atoms with Gasteiger partial charge in [0.25, 0.3) is 5.91 Å². The van der Waals surface area contributed by atoms with Crippen LogP contribution in [0.1, 0.15) is 22.3 Å². The van der Waals surface area contributed by atoms with Gasteiger partial charge in [-0.1, -0.05) is 23.7 Å². The lowest BCUT2D eigenvalue weighted by atomic mass is 9.88. The molecule has 1 aliphatic heterocycles. The summed E-state index contributed by atoms with van der Waals surface area (Å²) in [4.78, 5) is 24.4. The molecule has 1 atom stereocenters. The molecular weight excluding hydrogens is 309 g/mol. The van der Waals surface area contributed by atoms with Gasteiger partial charge in [-0.15, -0.1) is 0 Å². The maximum absolute atomic E-state index is 12.9. The summed E-state index contributed by atoms with van der Waals surface area (Å²) in [7, 11) is 0. The van der Waals surface area contributed by atoms with Crippen LogP contribution in [0.2, 0.25) is 5.02 Å². The molecule has 3 rings (SSSR count). The summed E-state index contributed by atoms with van der Waals surface area (Å²) in [6.45, 7) is 0. The molecule has 112 valence electrons. The summed E-state index contributed by atoms with van der Waals surface area (Å²) >= 11 is 5.98. The van der Waals surface area contributed by atoms with Crippen LogP contribution in [0.25, 0.3) is 0 Å². The SMILES string of the molecule is O=C(C[C@]1(O)C(=O)Nc2c(Cl)cccc21)c1ccc(F)cc1. The first kappa shape index (κ1) is 14.7. The molecule has 2 aromatic carbocycles. The third kappa shape index (κ3) is 2.28. The van der Waals surface area contributed by atoms with Gasteiger partial charge in [0.05, 0.1) is 17.1 Å². The van der Waals surface area contributed by atoms with Gasteiger partial charge in [0, 0.05) is 11.1 Å². The molecule has 0 bridgehead atoms. The molecule has 2 N–H and O–H groups in total. The summed E-state index contributed by atoms with van der Waals surface area (Å²) in [6.07, 6.45) is -0.447. The van der Waals surface area contributed by atoms with E-state index in [0.717, 1.165) is 12.1 Å². The Morgan fingerprint density at radius 3 is 2.59 bits per heavy atom. The highest BCUT2D eigenvalue weighted by molar-refractivity contribution is 6.34. The van der Waals surface area contributed by atoms with Crippen molar-refractivity contribution in [2.24, 2.45) is 0 Å². The highest BCUT2D eigenvalue weighted by Gasteiger charge is 2.47. The Kier molecular flexibility index (Phi) is 3.47. The van der Waals surface area contributed by atoms with E-state index in [2.05, 4.69) is 5.32 Å². The van der Waals surface area contributed by atoms with E-state index in [-0.39, 0.29) is 16.1 Å². The molecule has 0 radical (unpaired) electrons. The van der Waals surface area contributed by atoms with Crippen molar-refractivity contribution in [2.45, 2.75) is 12.0 Å². The Morgan fingerprint density at radius 2 is 1.91 bits per heavy atom. The van der Waals surface area contributed by atoms with E-state index in [0.29, 0.717) is 5.69 Å². The molecule has 0 unspecified atom stereocenters. The van der Waals surface area contributed by atoms with E-state index in [1.807, 2.05) is 0 Å². The van der Waals surface area contributed by atoms with Crippen molar-refractivity contribution in [1.29, 1.82) is 0 Å². The van der Waals surface area contributed by atoms with Gasteiger partial charge >= 0.3 is 0 Å². The number of Topliss-reactive ketones (excluding diaryl/α,β-unsaturated/α-hetero) is 1. The number of aliphatic hydroxyl groups is 1. The topological polar surface area (TPSA) is 66.4 Å². The standard InChI is InChI=1S/C16H11ClFNO3/c17-12-3-1-2-11-14(12)19-15(21)16(11,22)8-13(20)9-4-6-10(18)7-5-9/h1-7,22H,8H2,(H,19,21)/t16-/m1/s1. The number of carbonyl (C=O) groups is 2. The quantitative estimate of drug-likeness (QED) is 0.855. The van der Waals surface area contributed by atoms with Gasteiger partial charge in [0.15, 0.2) is 11.4 Å². The molecule has 0 saturated carbocycles. The molecule has 2 aromatic rings. The van der Waals surface area contributed by atoms with E-state index in [4.69, 9.17) is 11.6 Å². The van der Waals surface area contributed by atoms with Crippen LogP contribution >= 0.6 is 11.6 Å². The molecule has 22 heavy (non-hydrogen) atoms. The lowest BCUT2D eigenvalue weighted by Crippen LogP contribution is -2.36. The van der Waals surface area contributed by atoms with Crippen molar-refractivity contribution in [2.75, 3.05) is 5.32 Å². The Hall–Kier alpha value is -2.24. The summed E-state index contributed by atoms with van der Waals surface area (Å²) < 4.78 is 12.9. The molecule has 4 nitrogen and oxygen atoms in total. The van der Waals surface area contributed by atoms with Crippen LogP contribution in [0.3, 0.4) is 0 Å². The fourth-order valence-electron chi connectivity index (χ4n) is 2.48. The van der Waals surface area contributed by atoms with E-state index in [1.54, 1.807) is 12.1 Å².